The van der Waals surface area contributed by atoms with E-state index in [0.717, 1.165) is 6.07 Å². The van der Waals surface area contributed by atoms with Crippen LogP contribution in [0.5, 0.6) is 0 Å². The second-order valence-electron chi connectivity index (χ2n) is 4.79. The molecule has 0 bridgehead atoms. The Kier molecular flexibility index (Phi) is 4.35. The van der Waals surface area contributed by atoms with Crippen LogP contribution < -0.4 is 5.32 Å². The van der Waals surface area contributed by atoms with Gasteiger partial charge in [-0.15, -0.1) is 0 Å². The third-order valence-corrected chi connectivity index (χ3v) is 3.49. The van der Waals surface area contributed by atoms with Crippen molar-refractivity contribution in [3.05, 3.63) is 65.7 Å². The van der Waals surface area contributed by atoms with Gasteiger partial charge in [-0.25, -0.2) is 9.97 Å². The van der Waals surface area contributed by atoms with E-state index in [-0.39, 0.29) is 10.7 Å². The van der Waals surface area contributed by atoms with Crippen molar-refractivity contribution >= 4 is 23.1 Å². The van der Waals surface area contributed by atoms with Crippen LogP contribution in [0.2, 0.25) is 5.02 Å². The Morgan fingerprint density at radius 2 is 1.79 bits per heavy atom. The summed E-state index contributed by atoms with van der Waals surface area (Å²) in [5.41, 5.74) is -0.284. The van der Waals surface area contributed by atoms with Crippen molar-refractivity contribution in [1.82, 2.24) is 15.0 Å². The normalized spacial score (nSPS) is 11.3. The average molecular weight is 351 g/mol. The number of benzene rings is 1. The predicted octanol–water partition coefficient (Wildman–Crippen LogP) is 4.95. The highest BCUT2D eigenvalue weighted by Gasteiger charge is 2.34. The van der Waals surface area contributed by atoms with Gasteiger partial charge in [-0.2, -0.15) is 13.2 Å². The molecule has 3 aromatic rings. The molecule has 0 unspecified atom stereocenters. The molecule has 4 nitrogen and oxygen atoms in total. The standard InChI is InChI=1S/C16H10ClF3N4/c17-12-8-21-9-23-15(12)24-13-6-2-1-4-10(13)14-11(16(18,19)20)5-3-7-22-14/h1-9H,(H,21,23,24). The van der Waals surface area contributed by atoms with E-state index in [9.17, 15) is 13.2 Å². The van der Waals surface area contributed by atoms with E-state index < -0.39 is 11.7 Å². The number of alkyl halides is 3. The molecule has 0 radical (unpaired) electrons. The molecule has 0 aliphatic carbocycles. The molecule has 2 heterocycles. The molecule has 0 spiro atoms. The van der Waals surface area contributed by atoms with Gasteiger partial charge in [0.2, 0.25) is 0 Å². The molecule has 24 heavy (non-hydrogen) atoms. The number of anilines is 2. The van der Waals surface area contributed by atoms with Crippen LogP contribution >= 0.6 is 11.6 Å². The summed E-state index contributed by atoms with van der Waals surface area (Å²) >= 11 is 5.99. The summed E-state index contributed by atoms with van der Waals surface area (Å²) in [5.74, 6) is 0.295. The Morgan fingerprint density at radius 1 is 1.00 bits per heavy atom. The fraction of sp³-hybridized carbons (Fsp3) is 0.0625. The van der Waals surface area contributed by atoms with Crippen LogP contribution in [0.15, 0.2) is 55.1 Å². The molecule has 1 N–H and O–H groups in total. The SMILES string of the molecule is FC(F)(F)c1cccnc1-c1ccccc1Nc1ncncc1Cl. The molecule has 0 aliphatic rings. The lowest BCUT2D eigenvalue weighted by molar-refractivity contribution is -0.137. The topological polar surface area (TPSA) is 50.7 Å². The van der Waals surface area contributed by atoms with Gasteiger partial charge in [0.1, 0.15) is 11.3 Å². The van der Waals surface area contributed by atoms with E-state index in [1.807, 2.05) is 0 Å². The van der Waals surface area contributed by atoms with Crippen molar-refractivity contribution in [2.45, 2.75) is 6.18 Å². The smallest absolute Gasteiger partial charge is 0.338 e. The van der Waals surface area contributed by atoms with E-state index in [1.54, 1.807) is 24.3 Å². The van der Waals surface area contributed by atoms with Gasteiger partial charge in [0, 0.05) is 17.4 Å². The monoisotopic (exact) mass is 350 g/mol. The summed E-state index contributed by atoms with van der Waals surface area (Å²) in [4.78, 5) is 11.7. The van der Waals surface area contributed by atoms with Crippen LogP contribution in [-0.4, -0.2) is 15.0 Å². The number of nitrogens with one attached hydrogen (secondary N) is 1. The van der Waals surface area contributed by atoms with E-state index in [4.69, 9.17) is 11.6 Å². The largest absolute Gasteiger partial charge is 0.418 e. The van der Waals surface area contributed by atoms with Gasteiger partial charge in [0.25, 0.3) is 0 Å². The molecule has 0 atom stereocenters. The third-order valence-electron chi connectivity index (χ3n) is 3.22. The third kappa shape index (κ3) is 3.30. The Labute approximate surface area is 140 Å². The van der Waals surface area contributed by atoms with Gasteiger partial charge < -0.3 is 5.32 Å². The van der Waals surface area contributed by atoms with Crippen LogP contribution in [0.3, 0.4) is 0 Å². The summed E-state index contributed by atoms with van der Waals surface area (Å²) in [5, 5.41) is 3.18. The minimum Gasteiger partial charge on any atom is -0.338 e. The number of pyridine rings is 1. The maximum absolute atomic E-state index is 13.3. The molecule has 1 aromatic carbocycles. The lowest BCUT2D eigenvalue weighted by Gasteiger charge is -2.15. The zero-order valence-corrected chi connectivity index (χ0v) is 12.8. The highest BCUT2D eigenvalue weighted by atomic mass is 35.5. The molecular formula is C16H10ClF3N4. The second kappa shape index (κ2) is 6.45. The van der Waals surface area contributed by atoms with Crippen LogP contribution in [0.25, 0.3) is 11.3 Å². The first kappa shape index (κ1) is 16.2. The molecule has 122 valence electrons. The first-order chi connectivity index (χ1) is 11.5. The van der Waals surface area contributed by atoms with Crippen molar-refractivity contribution in [3.8, 4) is 11.3 Å². The number of hydrogen-bond donors (Lipinski definition) is 1. The predicted molar refractivity (Wildman–Crippen MR) is 85.0 cm³/mol. The van der Waals surface area contributed by atoms with Crippen LogP contribution in [0.4, 0.5) is 24.7 Å². The highest BCUT2D eigenvalue weighted by Crippen LogP contribution is 2.39. The van der Waals surface area contributed by atoms with Gasteiger partial charge in [-0.05, 0) is 18.2 Å². The number of para-hydroxylation sites is 1. The van der Waals surface area contributed by atoms with E-state index in [0.29, 0.717) is 17.1 Å². The van der Waals surface area contributed by atoms with Crippen molar-refractivity contribution in [2.24, 2.45) is 0 Å². The Hall–Kier alpha value is -2.67. The van der Waals surface area contributed by atoms with E-state index in [1.165, 1.54) is 24.8 Å². The maximum Gasteiger partial charge on any atom is 0.418 e. The average Bonchev–Trinajstić information content (AvgIpc) is 2.57. The summed E-state index contributed by atoms with van der Waals surface area (Å²) < 4.78 is 39.8. The fourth-order valence-corrected chi connectivity index (χ4v) is 2.33. The van der Waals surface area contributed by atoms with Crippen molar-refractivity contribution < 1.29 is 13.2 Å². The number of nitrogens with zero attached hydrogens (tertiary/aromatic N) is 3. The van der Waals surface area contributed by atoms with Crippen molar-refractivity contribution in [3.63, 3.8) is 0 Å². The van der Waals surface area contributed by atoms with Crippen molar-refractivity contribution in [2.75, 3.05) is 5.32 Å². The Balaban J connectivity index is 2.10. The summed E-state index contributed by atoms with van der Waals surface area (Å²) in [7, 11) is 0. The maximum atomic E-state index is 13.3. The lowest BCUT2D eigenvalue weighted by Crippen LogP contribution is -2.09. The van der Waals surface area contributed by atoms with Crippen LogP contribution in [-0.2, 0) is 6.18 Å². The minimum absolute atomic E-state index is 0.168. The van der Waals surface area contributed by atoms with E-state index in [2.05, 4.69) is 20.3 Å². The molecule has 0 saturated heterocycles. The van der Waals surface area contributed by atoms with Crippen LogP contribution in [0, 0.1) is 0 Å². The fourth-order valence-electron chi connectivity index (χ4n) is 2.18. The molecule has 0 amide bonds. The van der Waals surface area contributed by atoms with Crippen LogP contribution in [0.1, 0.15) is 5.56 Å². The Morgan fingerprint density at radius 3 is 2.54 bits per heavy atom. The summed E-state index contributed by atoms with van der Waals surface area (Å²) in [6.07, 6.45) is -0.511. The van der Waals surface area contributed by atoms with Gasteiger partial charge in [-0.3, -0.25) is 4.98 Å². The highest BCUT2D eigenvalue weighted by molar-refractivity contribution is 6.32. The molecule has 0 fully saturated rings. The number of rotatable bonds is 3. The van der Waals surface area contributed by atoms with Gasteiger partial charge >= 0.3 is 6.18 Å². The van der Waals surface area contributed by atoms with Gasteiger partial charge in [0.05, 0.1) is 17.5 Å². The second-order valence-corrected chi connectivity index (χ2v) is 5.19. The minimum atomic E-state index is -4.51. The number of hydrogen-bond acceptors (Lipinski definition) is 4. The molecular weight excluding hydrogens is 341 g/mol. The lowest BCUT2D eigenvalue weighted by atomic mass is 10.0. The molecule has 2 aromatic heterocycles. The van der Waals surface area contributed by atoms with Gasteiger partial charge in [-0.1, -0.05) is 29.8 Å². The summed E-state index contributed by atoms with van der Waals surface area (Å²) in [6.45, 7) is 0. The zero-order chi connectivity index (χ0) is 17.2. The van der Waals surface area contributed by atoms with E-state index >= 15 is 0 Å². The molecule has 0 aliphatic heterocycles. The van der Waals surface area contributed by atoms with Gasteiger partial charge in [0.15, 0.2) is 5.82 Å². The number of halogens is 4. The van der Waals surface area contributed by atoms with Crippen molar-refractivity contribution in [1.29, 1.82) is 0 Å². The first-order valence-corrected chi connectivity index (χ1v) is 7.19. The number of aromatic nitrogens is 3. The zero-order valence-electron chi connectivity index (χ0n) is 12.0. The summed E-state index contributed by atoms with van der Waals surface area (Å²) in [6, 6.07) is 8.76. The Bertz CT molecular complexity index is 868. The molecule has 0 saturated carbocycles. The molecule has 3 rings (SSSR count). The quantitative estimate of drug-likeness (QED) is 0.725. The molecule has 8 heteroatoms. The first-order valence-electron chi connectivity index (χ1n) is 6.81.